The standard InChI is InChI=1S/C14H22O4/c1-5-7-11(3)13(15)17-9-10-18-14(16)12(4)8-6-2/h7-8H,5-6,9-10H2,1-4H3/b11-7+,12-8+. The van der Waals surface area contributed by atoms with Crippen molar-refractivity contribution >= 4 is 11.9 Å². The first kappa shape index (κ1) is 16.4. The van der Waals surface area contributed by atoms with E-state index in [0.717, 1.165) is 12.8 Å². The molecule has 0 aromatic carbocycles. The summed E-state index contributed by atoms with van der Waals surface area (Å²) < 4.78 is 9.89. The summed E-state index contributed by atoms with van der Waals surface area (Å²) in [6.07, 6.45) is 5.17. The van der Waals surface area contributed by atoms with E-state index in [9.17, 15) is 9.59 Å². The molecule has 4 nitrogen and oxygen atoms in total. The van der Waals surface area contributed by atoms with E-state index in [0.29, 0.717) is 11.1 Å². The molecule has 0 spiro atoms. The number of esters is 2. The van der Waals surface area contributed by atoms with E-state index in [1.54, 1.807) is 26.0 Å². The lowest BCUT2D eigenvalue weighted by molar-refractivity contribution is -0.147. The Morgan fingerprint density at radius 3 is 1.44 bits per heavy atom. The first-order chi connectivity index (χ1) is 8.52. The third-order valence-electron chi connectivity index (χ3n) is 2.21. The SMILES string of the molecule is CC/C=C(\C)C(=O)OCCOC(=O)/C(C)=C/CC. The van der Waals surface area contributed by atoms with Gasteiger partial charge < -0.3 is 9.47 Å². The summed E-state index contributed by atoms with van der Waals surface area (Å²) in [6, 6.07) is 0. The van der Waals surface area contributed by atoms with Crippen molar-refractivity contribution in [1.29, 1.82) is 0 Å². The number of carbonyl (C=O) groups excluding carboxylic acids is 2. The van der Waals surface area contributed by atoms with Crippen LogP contribution in [-0.2, 0) is 19.1 Å². The van der Waals surface area contributed by atoms with Crippen LogP contribution in [-0.4, -0.2) is 25.2 Å². The summed E-state index contributed by atoms with van der Waals surface area (Å²) in [6.45, 7) is 7.46. The van der Waals surface area contributed by atoms with Crippen LogP contribution >= 0.6 is 0 Å². The lowest BCUT2D eigenvalue weighted by atomic mass is 10.2. The molecule has 0 N–H and O–H groups in total. The smallest absolute Gasteiger partial charge is 0.333 e. The lowest BCUT2D eigenvalue weighted by Gasteiger charge is -2.06. The van der Waals surface area contributed by atoms with E-state index in [-0.39, 0.29) is 25.2 Å². The highest BCUT2D eigenvalue weighted by molar-refractivity contribution is 5.88. The molecule has 0 radical (unpaired) electrons. The van der Waals surface area contributed by atoms with Gasteiger partial charge >= 0.3 is 11.9 Å². The van der Waals surface area contributed by atoms with Crippen LogP contribution in [0.4, 0.5) is 0 Å². The molecule has 0 aliphatic heterocycles. The second kappa shape index (κ2) is 9.45. The predicted octanol–water partition coefficient (Wildman–Crippen LogP) is 2.79. The summed E-state index contributed by atoms with van der Waals surface area (Å²) >= 11 is 0. The Morgan fingerprint density at radius 2 is 1.17 bits per heavy atom. The van der Waals surface area contributed by atoms with Crippen molar-refractivity contribution < 1.29 is 19.1 Å². The van der Waals surface area contributed by atoms with Crippen molar-refractivity contribution in [1.82, 2.24) is 0 Å². The normalized spacial score (nSPS) is 12.2. The van der Waals surface area contributed by atoms with Crippen LogP contribution in [0.5, 0.6) is 0 Å². The van der Waals surface area contributed by atoms with Gasteiger partial charge in [0.05, 0.1) is 0 Å². The molecule has 0 aromatic rings. The van der Waals surface area contributed by atoms with Gasteiger partial charge in [-0.25, -0.2) is 9.59 Å². The number of allylic oxidation sites excluding steroid dienone is 2. The van der Waals surface area contributed by atoms with Crippen molar-refractivity contribution in [2.24, 2.45) is 0 Å². The van der Waals surface area contributed by atoms with E-state index in [2.05, 4.69) is 0 Å². The topological polar surface area (TPSA) is 52.6 Å². The first-order valence-corrected chi connectivity index (χ1v) is 6.20. The first-order valence-electron chi connectivity index (χ1n) is 6.20. The molecule has 0 saturated carbocycles. The zero-order chi connectivity index (χ0) is 14.0. The molecule has 4 heteroatoms. The van der Waals surface area contributed by atoms with Gasteiger partial charge in [0.1, 0.15) is 13.2 Å². The molecule has 0 bridgehead atoms. The van der Waals surface area contributed by atoms with Crippen molar-refractivity contribution in [2.75, 3.05) is 13.2 Å². The molecule has 0 unspecified atom stereocenters. The fourth-order valence-electron chi connectivity index (χ4n) is 1.28. The van der Waals surface area contributed by atoms with Gasteiger partial charge in [-0.3, -0.25) is 0 Å². The van der Waals surface area contributed by atoms with E-state index < -0.39 is 0 Å². The maximum absolute atomic E-state index is 11.4. The largest absolute Gasteiger partial charge is 0.459 e. The number of rotatable bonds is 7. The van der Waals surface area contributed by atoms with E-state index in [4.69, 9.17) is 9.47 Å². The molecule has 0 aliphatic carbocycles. The average Bonchev–Trinajstić information content (AvgIpc) is 2.34. The Kier molecular flexibility index (Phi) is 8.62. The highest BCUT2D eigenvalue weighted by Gasteiger charge is 2.07. The summed E-state index contributed by atoms with van der Waals surface area (Å²) in [5.41, 5.74) is 1.15. The van der Waals surface area contributed by atoms with Gasteiger partial charge in [-0.1, -0.05) is 26.0 Å². The van der Waals surface area contributed by atoms with Crippen LogP contribution in [0.15, 0.2) is 23.3 Å². The van der Waals surface area contributed by atoms with Crippen molar-refractivity contribution in [3.63, 3.8) is 0 Å². The fraction of sp³-hybridized carbons (Fsp3) is 0.571. The number of hydrogen-bond donors (Lipinski definition) is 0. The van der Waals surface area contributed by atoms with Crippen molar-refractivity contribution in [3.8, 4) is 0 Å². The van der Waals surface area contributed by atoms with Crippen LogP contribution < -0.4 is 0 Å². The van der Waals surface area contributed by atoms with Crippen LogP contribution in [0.1, 0.15) is 40.5 Å². The molecule has 0 aromatic heterocycles. The lowest BCUT2D eigenvalue weighted by Crippen LogP contribution is -2.14. The highest BCUT2D eigenvalue weighted by atomic mass is 16.6. The number of ether oxygens (including phenoxy) is 2. The molecular weight excluding hydrogens is 232 g/mol. The number of hydrogen-bond acceptors (Lipinski definition) is 4. The minimum atomic E-state index is -0.367. The van der Waals surface area contributed by atoms with Crippen LogP contribution in [0.25, 0.3) is 0 Å². The summed E-state index contributed by atoms with van der Waals surface area (Å²) in [5, 5.41) is 0. The molecule has 0 atom stereocenters. The maximum atomic E-state index is 11.4. The van der Waals surface area contributed by atoms with Crippen LogP contribution in [0.3, 0.4) is 0 Å². The minimum absolute atomic E-state index is 0.0822. The summed E-state index contributed by atoms with van der Waals surface area (Å²) in [7, 11) is 0. The van der Waals surface area contributed by atoms with Gasteiger partial charge in [0.15, 0.2) is 0 Å². The Bertz CT molecular complexity index is 306. The fourth-order valence-corrected chi connectivity index (χ4v) is 1.28. The van der Waals surface area contributed by atoms with Crippen molar-refractivity contribution in [3.05, 3.63) is 23.3 Å². The molecule has 102 valence electrons. The van der Waals surface area contributed by atoms with Crippen molar-refractivity contribution in [2.45, 2.75) is 40.5 Å². The van der Waals surface area contributed by atoms with Gasteiger partial charge in [0.2, 0.25) is 0 Å². The van der Waals surface area contributed by atoms with E-state index in [1.165, 1.54) is 0 Å². The molecule has 0 fully saturated rings. The highest BCUT2D eigenvalue weighted by Crippen LogP contribution is 2.00. The molecule has 0 aliphatic rings. The Morgan fingerprint density at radius 1 is 0.833 bits per heavy atom. The summed E-state index contributed by atoms with van der Waals surface area (Å²) in [4.78, 5) is 22.7. The molecule has 18 heavy (non-hydrogen) atoms. The third-order valence-corrected chi connectivity index (χ3v) is 2.21. The van der Waals surface area contributed by atoms with Gasteiger partial charge in [-0.15, -0.1) is 0 Å². The molecule has 0 amide bonds. The molecular formula is C14H22O4. The second-order valence-electron chi connectivity index (χ2n) is 3.86. The van der Waals surface area contributed by atoms with E-state index in [1.807, 2.05) is 13.8 Å². The van der Waals surface area contributed by atoms with E-state index >= 15 is 0 Å². The average molecular weight is 254 g/mol. The quantitative estimate of drug-likeness (QED) is 0.398. The Balaban J connectivity index is 3.88. The second-order valence-corrected chi connectivity index (χ2v) is 3.86. The Labute approximate surface area is 109 Å². The van der Waals surface area contributed by atoms with Gasteiger partial charge in [0, 0.05) is 11.1 Å². The van der Waals surface area contributed by atoms with Crippen LogP contribution in [0.2, 0.25) is 0 Å². The van der Waals surface area contributed by atoms with Gasteiger partial charge in [-0.2, -0.15) is 0 Å². The minimum Gasteiger partial charge on any atom is -0.459 e. The van der Waals surface area contributed by atoms with Gasteiger partial charge in [-0.05, 0) is 26.7 Å². The molecule has 0 heterocycles. The zero-order valence-corrected chi connectivity index (χ0v) is 11.6. The molecule has 0 rings (SSSR count). The summed E-state index contributed by atoms with van der Waals surface area (Å²) in [5.74, 6) is -0.734. The predicted molar refractivity (Wildman–Crippen MR) is 70.0 cm³/mol. The molecule has 0 saturated heterocycles. The number of carbonyl (C=O) groups is 2. The third kappa shape index (κ3) is 6.89. The Hall–Kier alpha value is -1.58. The maximum Gasteiger partial charge on any atom is 0.333 e. The monoisotopic (exact) mass is 254 g/mol. The van der Waals surface area contributed by atoms with Gasteiger partial charge in [0.25, 0.3) is 0 Å². The van der Waals surface area contributed by atoms with Crippen LogP contribution in [0, 0.1) is 0 Å². The zero-order valence-electron chi connectivity index (χ0n) is 11.6.